The average Bonchev–Trinajstić information content (AvgIpc) is 2.85. The Balaban J connectivity index is 2.33. The maximum absolute atomic E-state index is 11.3. The Morgan fingerprint density at radius 2 is 2.35 bits per heavy atom. The van der Waals surface area contributed by atoms with Gasteiger partial charge >= 0.3 is 0 Å². The second-order valence-electron chi connectivity index (χ2n) is 3.44. The monoisotopic (exact) mass is 295 g/mol. The Kier molecular flexibility index (Phi) is 3.48. The summed E-state index contributed by atoms with van der Waals surface area (Å²) in [5.41, 5.74) is 2.53. The van der Waals surface area contributed by atoms with Crippen LogP contribution in [0.3, 0.4) is 0 Å². The number of nitrogens with one attached hydrogen (secondary N) is 1. The molecule has 0 aliphatic rings. The summed E-state index contributed by atoms with van der Waals surface area (Å²) >= 11 is 3.10. The van der Waals surface area contributed by atoms with E-state index in [0.29, 0.717) is 0 Å². The minimum Gasteiger partial charge on any atom is -0.325 e. The normalized spacial score (nSPS) is 10.2. The van der Waals surface area contributed by atoms with Crippen LogP contribution in [-0.2, 0) is 4.79 Å². The van der Waals surface area contributed by atoms with Crippen LogP contribution in [0, 0.1) is 6.92 Å². The van der Waals surface area contributed by atoms with Gasteiger partial charge in [0.1, 0.15) is 6.33 Å². The smallest absolute Gasteiger partial charge is 0.235 e. The van der Waals surface area contributed by atoms with Crippen LogP contribution >= 0.6 is 15.9 Å². The molecule has 6 nitrogen and oxygen atoms in total. The lowest BCUT2D eigenvalue weighted by molar-refractivity contribution is -0.113. The molecule has 7 heteroatoms. The number of amides is 1. The summed E-state index contributed by atoms with van der Waals surface area (Å²) < 4.78 is 1.53. The highest BCUT2D eigenvalue weighted by Gasteiger charge is 2.06. The highest BCUT2D eigenvalue weighted by molar-refractivity contribution is 9.09. The number of tetrazole rings is 1. The van der Waals surface area contributed by atoms with E-state index in [0.717, 1.165) is 16.9 Å². The van der Waals surface area contributed by atoms with Crippen LogP contribution in [0.1, 0.15) is 5.56 Å². The molecule has 1 N–H and O–H groups in total. The van der Waals surface area contributed by atoms with E-state index in [4.69, 9.17) is 0 Å². The molecular weight excluding hydrogens is 286 g/mol. The lowest BCUT2D eigenvalue weighted by Gasteiger charge is -2.09. The van der Waals surface area contributed by atoms with Crippen molar-refractivity contribution in [3.63, 3.8) is 0 Å². The molecule has 1 aromatic carbocycles. The van der Waals surface area contributed by atoms with Gasteiger partial charge in [-0.15, -0.1) is 5.10 Å². The first-order chi connectivity index (χ1) is 8.20. The van der Waals surface area contributed by atoms with E-state index >= 15 is 0 Å². The van der Waals surface area contributed by atoms with Crippen molar-refractivity contribution in [3.8, 4) is 5.69 Å². The molecule has 88 valence electrons. The van der Waals surface area contributed by atoms with Gasteiger partial charge in [-0.25, -0.2) is 4.68 Å². The van der Waals surface area contributed by atoms with E-state index in [1.165, 1.54) is 11.0 Å². The first-order valence-corrected chi connectivity index (χ1v) is 6.02. The molecule has 2 aromatic rings. The van der Waals surface area contributed by atoms with E-state index in [1.54, 1.807) is 0 Å². The number of aromatic nitrogens is 4. The largest absolute Gasteiger partial charge is 0.325 e. The van der Waals surface area contributed by atoms with Crippen molar-refractivity contribution in [1.29, 1.82) is 0 Å². The fraction of sp³-hybridized carbons (Fsp3) is 0.200. The number of alkyl halides is 1. The van der Waals surface area contributed by atoms with Crippen molar-refractivity contribution in [3.05, 3.63) is 30.1 Å². The van der Waals surface area contributed by atoms with E-state index in [-0.39, 0.29) is 11.2 Å². The predicted octanol–water partition coefficient (Wildman–Crippen LogP) is 1.30. The number of carbonyl (C=O) groups excluding carboxylic acids is 1. The zero-order valence-electron chi connectivity index (χ0n) is 9.09. The van der Waals surface area contributed by atoms with Gasteiger partial charge in [0, 0.05) is 5.69 Å². The van der Waals surface area contributed by atoms with Crippen LogP contribution in [0.15, 0.2) is 24.5 Å². The second-order valence-corrected chi connectivity index (χ2v) is 4.00. The molecule has 0 aliphatic heterocycles. The Morgan fingerprint density at radius 3 is 3.00 bits per heavy atom. The Labute approximate surface area is 106 Å². The van der Waals surface area contributed by atoms with Crippen LogP contribution in [-0.4, -0.2) is 31.4 Å². The molecule has 0 bridgehead atoms. The zero-order valence-corrected chi connectivity index (χ0v) is 10.7. The first-order valence-electron chi connectivity index (χ1n) is 4.90. The molecule has 0 radical (unpaired) electrons. The average molecular weight is 296 g/mol. The van der Waals surface area contributed by atoms with Crippen LogP contribution in [0.2, 0.25) is 0 Å². The van der Waals surface area contributed by atoms with Gasteiger partial charge in [-0.1, -0.05) is 22.0 Å². The highest BCUT2D eigenvalue weighted by Crippen LogP contribution is 2.18. The number of rotatable bonds is 3. The van der Waals surface area contributed by atoms with Crippen molar-refractivity contribution in [2.75, 3.05) is 10.6 Å². The molecule has 0 atom stereocenters. The molecule has 0 saturated heterocycles. The van der Waals surface area contributed by atoms with E-state index in [9.17, 15) is 4.79 Å². The Bertz CT molecular complexity index is 525. The minimum absolute atomic E-state index is 0.0954. The number of aryl methyl sites for hydroxylation is 1. The first kappa shape index (κ1) is 11.7. The maximum Gasteiger partial charge on any atom is 0.235 e. The quantitative estimate of drug-likeness (QED) is 0.867. The number of benzene rings is 1. The molecule has 0 unspecified atom stereocenters. The lowest BCUT2D eigenvalue weighted by atomic mass is 10.2. The molecule has 1 aromatic heterocycles. The summed E-state index contributed by atoms with van der Waals surface area (Å²) in [6, 6.07) is 5.61. The third kappa shape index (κ3) is 2.68. The predicted molar refractivity (Wildman–Crippen MR) is 66.3 cm³/mol. The lowest BCUT2D eigenvalue weighted by Crippen LogP contribution is -2.13. The van der Waals surface area contributed by atoms with Gasteiger partial charge < -0.3 is 5.32 Å². The van der Waals surface area contributed by atoms with Crippen LogP contribution in [0.4, 0.5) is 5.69 Å². The number of halogens is 1. The Hall–Kier alpha value is -1.76. The number of hydrogen-bond donors (Lipinski definition) is 1. The van der Waals surface area contributed by atoms with Crippen molar-refractivity contribution >= 4 is 27.5 Å². The summed E-state index contributed by atoms with van der Waals surface area (Å²) in [5, 5.41) is 14.0. The summed E-state index contributed by atoms with van der Waals surface area (Å²) in [6.07, 6.45) is 1.50. The van der Waals surface area contributed by atoms with Gasteiger partial charge in [-0.2, -0.15) is 0 Å². The van der Waals surface area contributed by atoms with Gasteiger partial charge in [0.15, 0.2) is 0 Å². The van der Waals surface area contributed by atoms with Gasteiger partial charge in [0.25, 0.3) is 0 Å². The third-order valence-corrected chi connectivity index (χ3v) is 2.74. The number of anilines is 1. The standard InChI is InChI=1S/C10H10BrN5O/c1-7-2-3-8(16-6-12-14-15-16)4-9(7)13-10(17)5-11/h2-4,6H,5H2,1H3,(H,13,17). The molecule has 0 fully saturated rings. The van der Waals surface area contributed by atoms with Crippen molar-refractivity contribution < 1.29 is 4.79 Å². The minimum atomic E-state index is -0.0954. The van der Waals surface area contributed by atoms with Crippen molar-refractivity contribution in [2.24, 2.45) is 0 Å². The molecule has 17 heavy (non-hydrogen) atoms. The third-order valence-electron chi connectivity index (χ3n) is 2.23. The van der Waals surface area contributed by atoms with Crippen LogP contribution in [0.25, 0.3) is 5.69 Å². The highest BCUT2D eigenvalue weighted by atomic mass is 79.9. The second kappa shape index (κ2) is 5.05. The molecule has 0 aliphatic carbocycles. The summed E-state index contributed by atoms with van der Waals surface area (Å²) in [6.45, 7) is 1.92. The zero-order chi connectivity index (χ0) is 12.3. The Morgan fingerprint density at radius 1 is 1.53 bits per heavy atom. The van der Waals surface area contributed by atoms with E-state index in [1.807, 2.05) is 25.1 Å². The molecular formula is C10H10BrN5O. The number of nitrogens with zero attached hydrogens (tertiary/aromatic N) is 4. The maximum atomic E-state index is 11.3. The molecule has 1 heterocycles. The van der Waals surface area contributed by atoms with Gasteiger partial charge in [0.05, 0.1) is 11.0 Å². The summed E-state index contributed by atoms with van der Waals surface area (Å²) in [4.78, 5) is 11.3. The number of hydrogen-bond acceptors (Lipinski definition) is 4. The molecule has 0 saturated carbocycles. The molecule has 1 amide bonds. The van der Waals surface area contributed by atoms with Crippen LogP contribution < -0.4 is 5.32 Å². The fourth-order valence-electron chi connectivity index (χ4n) is 1.35. The molecule has 2 rings (SSSR count). The molecule has 0 spiro atoms. The van der Waals surface area contributed by atoms with Gasteiger partial charge in [0.2, 0.25) is 5.91 Å². The topological polar surface area (TPSA) is 72.7 Å². The van der Waals surface area contributed by atoms with Crippen molar-refractivity contribution in [1.82, 2.24) is 20.2 Å². The number of carbonyl (C=O) groups is 1. The van der Waals surface area contributed by atoms with Gasteiger partial charge in [-0.3, -0.25) is 4.79 Å². The summed E-state index contributed by atoms with van der Waals surface area (Å²) in [5.74, 6) is -0.0954. The van der Waals surface area contributed by atoms with Crippen molar-refractivity contribution in [2.45, 2.75) is 6.92 Å². The summed E-state index contributed by atoms with van der Waals surface area (Å²) in [7, 11) is 0. The SMILES string of the molecule is Cc1ccc(-n2cnnn2)cc1NC(=O)CBr. The van der Waals surface area contributed by atoms with E-state index < -0.39 is 0 Å². The van der Waals surface area contributed by atoms with Crippen LogP contribution in [0.5, 0.6) is 0 Å². The van der Waals surface area contributed by atoms with Gasteiger partial charge in [-0.05, 0) is 35.0 Å². The van der Waals surface area contributed by atoms with E-state index in [2.05, 4.69) is 36.8 Å². The fourth-order valence-corrected chi connectivity index (χ4v) is 1.49.